The number of nitro benzene ring substituents is 1. The van der Waals surface area contributed by atoms with E-state index in [2.05, 4.69) is 11.2 Å². The molecule has 0 aliphatic rings. The normalized spacial score (nSPS) is 9.74. The van der Waals surface area contributed by atoms with Crippen molar-refractivity contribution in [2.24, 2.45) is 0 Å². The molecule has 2 aromatic carbocycles. The highest BCUT2D eigenvalue weighted by Gasteiger charge is 2.14. The molecule has 23 heavy (non-hydrogen) atoms. The number of nitrogens with one attached hydrogen (secondary N) is 1. The number of anilines is 1. The van der Waals surface area contributed by atoms with E-state index in [0.29, 0.717) is 20.6 Å². The Balaban J connectivity index is 2.10. The largest absolute Gasteiger partial charge is 0.481 e. The van der Waals surface area contributed by atoms with E-state index in [4.69, 9.17) is 11.2 Å². The second-order valence-corrected chi connectivity index (χ2v) is 5.55. The van der Waals surface area contributed by atoms with Gasteiger partial charge in [-0.25, -0.2) is 0 Å². The summed E-state index contributed by atoms with van der Waals surface area (Å²) in [7, 11) is 0. The van der Waals surface area contributed by atoms with E-state index in [1.807, 2.05) is 22.6 Å². The molecule has 1 amide bonds. The maximum Gasteiger partial charge on any atom is 0.270 e. The number of non-ortho nitro benzene ring substituents is 1. The quantitative estimate of drug-likeness (QED) is 0.346. The van der Waals surface area contributed by atoms with Crippen molar-refractivity contribution in [2.75, 3.05) is 11.9 Å². The number of hydrogen-bond acceptors (Lipinski definition) is 4. The molecule has 0 aliphatic carbocycles. The molecular formula is C16H11IN2O4. The van der Waals surface area contributed by atoms with Gasteiger partial charge in [0.2, 0.25) is 0 Å². The Labute approximate surface area is 146 Å². The fraction of sp³-hybridized carbons (Fsp3) is 0.0625. The first-order valence-electron chi connectivity index (χ1n) is 6.43. The summed E-state index contributed by atoms with van der Waals surface area (Å²) in [5.41, 5.74) is 0.891. The highest BCUT2D eigenvalue weighted by molar-refractivity contribution is 14.1. The molecule has 0 bridgehead atoms. The molecule has 0 aliphatic heterocycles. The molecule has 0 aromatic heterocycles. The van der Waals surface area contributed by atoms with Crippen LogP contribution in [0.25, 0.3) is 0 Å². The van der Waals surface area contributed by atoms with E-state index in [9.17, 15) is 14.9 Å². The summed E-state index contributed by atoms with van der Waals surface area (Å²) in [6.45, 7) is 0.173. The maximum atomic E-state index is 12.2. The van der Waals surface area contributed by atoms with Gasteiger partial charge in [-0.05, 0) is 52.9 Å². The minimum absolute atomic E-state index is 0.0547. The van der Waals surface area contributed by atoms with Crippen LogP contribution in [0.2, 0.25) is 0 Å². The monoisotopic (exact) mass is 422 g/mol. The van der Waals surface area contributed by atoms with E-state index < -0.39 is 4.92 Å². The van der Waals surface area contributed by atoms with Gasteiger partial charge in [0.15, 0.2) is 0 Å². The van der Waals surface area contributed by atoms with Gasteiger partial charge >= 0.3 is 0 Å². The molecule has 6 nitrogen and oxygen atoms in total. The van der Waals surface area contributed by atoms with Crippen molar-refractivity contribution in [3.05, 3.63) is 61.7 Å². The third kappa shape index (κ3) is 4.43. The number of benzene rings is 2. The second kappa shape index (κ2) is 7.60. The van der Waals surface area contributed by atoms with Gasteiger partial charge in [-0.1, -0.05) is 5.92 Å². The summed E-state index contributed by atoms with van der Waals surface area (Å²) >= 11 is 1.89. The van der Waals surface area contributed by atoms with Crippen LogP contribution in [0.3, 0.4) is 0 Å². The number of nitro groups is 1. The van der Waals surface area contributed by atoms with Crippen molar-refractivity contribution in [1.82, 2.24) is 0 Å². The average Bonchev–Trinajstić information content (AvgIpc) is 2.53. The number of terminal acetylenes is 1. The molecule has 0 radical (unpaired) electrons. The number of hydrogen-bond donors (Lipinski definition) is 1. The molecule has 2 rings (SSSR count). The first-order valence-corrected chi connectivity index (χ1v) is 7.51. The molecule has 0 fully saturated rings. The Hall–Kier alpha value is -2.60. The lowest BCUT2D eigenvalue weighted by Crippen LogP contribution is -2.13. The number of halogens is 1. The lowest BCUT2D eigenvalue weighted by atomic mass is 10.2. The second-order valence-electron chi connectivity index (χ2n) is 4.39. The molecule has 116 valence electrons. The molecular weight excluding hydrogens is 411 g/mol. The lowest BCUT2D eigenvalue weighted by molar-refractivity contribution is -0.384. The van der Waals surface area contributed by atoms with Crippen molar-refractivity contribution in [3.8, 4) is 18.1 Å². The zero-order chi connectivity index (χ0) is 16.8. The molecule has 0 saturated carbocycles. The van der Waals surface area contributed by atoms with Gasteiger partial charge in [-0.2, -0.15) is 0 Å². The summed E-state index contributed by atoms with van der Waals surface area (Å²) in [5.74, 6) is 2.62. The van der Waals surface area contributed by atoms with E-state index >= 15 is 0 Å². The number of carbonyl (C=O) groups excluding carboxylic acids is 1. The molecule has 0 heterocycles. The SMILES string of the molecule is C#CCOc1ccc(NC(=O)c2ccc([N+](=O)[O-])cc2I)cc1. The van der Waals surface area contributed by atoms with Gasteiger partial charge < -0.3 is 10.1 Å². The first-order chi connectivity index (χ1) is 11.0. The Bertz CT molecular complexity index is 782. The summed E-state index contributed by atoms with van der Waals surface area (Å²) in [6, 6.07) is 10.8. The number of amides is 1. The minimum Gasteiger partial charge on any atom is -0.481 e. The third-order valence-electron chi connectivity index (χ3n) is 2.84. The Morgan fingerprint density at radius 1 is 1.30 bits per heavy atom. The van der Waals surface area contributed by atoms with Crippen LogP contribution in [0.1, 0.15) is 10.4 Å². The van der Waals surface area contributed by atoms with Crippen LogP contribution in [0.4, 0.5) is 11.4 Å². The zero-order valence-electron chi connectivity index (χ0n) is 11.8. The van der Waals surface area contributed by atoms with Gasteiger partial charge in [-0.15, -0.1) is 6.42 Å². The number of nitrogens with zero attached hydrogens (tertiary/aromatic N) is 1. The van der Waals surface area contributed by atoms with Crippen LogP contribution in [0, 0.1) is 26.0 Å². The molecule has 2 aromatic rings. The predicted molar refractivity (Wildman–Crippen MR) is 94.5 cm³/mol. The number of ether oxygens (including phenoxy) is 1. The van der Waals surface area contributed by atoms with Crippen LogP contribution in [-0.2, 0) is 0 Å². The molecule has 0 unspecified atom stereocenters. The van der Waals surface area contributed by atoms with Crippen molar-refractivity contribution >= 4 is 39.9 Å². The minimum atomic E-state index is -0.501. The summed E-state index contributed by atoms with van der Waals surface area (Å²) in [4.78, 5) is 22.4. The Morgan fingerprint density at radius 2 is 2.00 bits per heavy atom. The summed E-state index contributed by atoms with van der Waals surface area (Å²) in [6.07, 6.45) is 5.11. The van der Waals surface area contributed by atoms with Crippen LogP contribution in [-0.4, -0.2) is 17.4 Å². The van der Waals surface area contributed by atoms with E-state index in [1.54, 1.807) is 24.3 Å². The zero-order valence-corrected chi connectivity index (χ0v) is 13.9. The van der Waals surface area contributed by atoms with Crippen molar-refractivity contribution < 1.29 is 14.5 Å². The van der Waals surface area contributed by atoms with Gasteiger partial charge in [0, 0.05) is 21.4 Å². The molecule has 0 spiro atoms. The Morgan fingerprint density at radius 3 is 2.57 bits per heavy atom. The van der Waals surface area contributed by atoms with Gasteiger partial charge in [0.05, 0.1) is 10.5 Å². The topological polar surface area (TPSA) is 81.5 Å². The summed E-state index contributed by atoms with van der Waals surface area (Å²) in [5, 5.41) is 13.4. The van der Waals surface area contributed by atoms with Crippen molar-refractivity contribution in [3.63, 3.8) is 0 Å². The standard InChI is InChI=1S/C16H11IN2O4/c1-2-9-23-13-6-3-11(4-7-13)18-16(20)14-8-5-12(19(21)22)10-15(14)17/h1,3-8,10H,9H2,(H,18,20). The average molecular weight is 422 g/mol. The van der Waals surface area contributed by atoms with Crippen molar-refractivity contribution in [2.45, 2.75) is 0 Å². The first kappa shape index (κ1) is 16.8. The molecule has 1 N–H and O–H groups in total. The molecule has 0 saturated heterocycles. The smallest absolute Gasteiger partial charge is 0.270 e. The van der Waals surface area contributed by atoms with Crippen LogP contribution >= 0.6 is 22.6 Å². The third-order valence-corrected chi connectivity index (χ3v) is 3.73. The molecule has 7 heteroatoms. The van der Waals surface area contributed by atoms with Crippen molar-refractivity contribution in [1.29, 1.82) is 0 Å². The van der Waals surface area contributed by atoms with Crippen LogP contribution in [0.5, 0.6) is 5.75 Å². The lowest BCUT2D eigenvalue weighted by Gasteiger charge is -2.08. The van der Waals surface area contributed by atoms with E-state index in [0.717, 1.165) is 0 Å². The molecule has 0 atom stereocenters. The highest BCUT2D eigenvalue weighted by atomic mass is 127. The number of rotatable bonds is 5. The Kier molecular flexibility index (Phi) is 5.54. The fourth-order valence-electron chi connectivity index (χ4n) is 1.76. The van der Waals surface area contributed by atoms with E-state index in [-0.39, 0.29) is 18.2 Å². The van der Waals surface area contributed by atoms with Crippen LogP contribution < -0.4 is 10.1 Å². The number of carbonyl (C=O) groups is 1. The van der Waals surface area contributed by atoms with Crippen LogP contribution in [0.15, 0.2) is 42.5 Å². The van der Waals surface area contributed by atoms with Gasteiger partial charge in [0.25, 0.3) is 11.6 Å². The van der Waals surface area contributed by atoms with E-state index in [1.165, 1.54) is 18.2 Å². The fourth-order valence-corrected chi connectivity index (χ4v) is 2.50. The maximum absolute atomic E-state index is 12.2. The summed E-state index contributed by atoms with van der Waals surface area (Å²) < 4.78 is 5.74. The predicted octanol–water partition coefficient (Wildman–Crippen LogP) is 3.46. The van der Waals surface area contributed by atoms with Gasteiger partial charge in [-0.3, -0.25) is 14.9 Å². The van der Waals surface area contributed by atoms with Gasteiger partial charge in [0.1, 0.15) is 12.4 Å². The highest BCUT2D eigenvalue weighted by Crippen LogP contribution is 2.21.